The molecule has 1 aliphatic heterocycles. The predicted molar refractivity (Wildman–Crippen MR) is 159 cm³/mol. The third-order valence-corrected chi connectivity index (χ3v) is 9.31. The van der Waals surface area contributed by atoms with Crippen molar-refractivity contribution in [3.05, 3.63) is 87.6 Å². The Labute approximate surface area is 246 Å². The minimum absolute atomic E-state index is 0.0156. The van der Waals surface area contributed by atoms with Crippen LogP contribution in [0.5, 0.6) is 0 Å². The van der Waals surface area contributed by atoms with Crippen LogP contribution in [0.15, 0.2) is 69.5 Å². The van der Waals surface area contributed by atoms with E-state index in [0.717, 1.165) is 22.4 Å². The maximum Gasteiger partial charge on any atom is 0.234 e. The standard InChI is InChI=1S/C30H29FN6O2S2/c1-16-7-5-6-8-19(16)25-20(14-32)27(33)37(22-12-30(3,4)13-23(38)26(22)25)28-35-36-29(41-28)40-15-24(39)34-21-11-18(31)10-9-17(21)2/h5-11,25H,12-13,15,33H2,1-4H3,(H,34,39). The van der Waals surface area contributed by atoms with Gasteiger partial charge in [-0.25, -0.2) is 4.39 Å². The SMILES string of the molecule is Cc1ccc(F)cc1NC(=O)CSc1nnc(N2C(N)=C(C#N)C(c3ccccc3C)C3=C2CC(C)(C)CC3=O)s1. The summed E-state index contributed by atoms with van der Waals surface area (Å²) in [7, 11) is 0. The third kappa shape index (κ3) is 5.62. The van der Waals surface area contributed by atoms with Crippen LogP contribution >= 0.6 is 23.1 Å². The van der Waals surface area contributed by atoms with Crippen LogP contribution in [-0.2, 0) is 9.59 Å². The molecule has 2 heterocycles. The molecule has 5 rings (SSSR count). The van der Waals surface area contributed by atoms with Crippen molar-refractivity contribution in [2.75, 3.05) is 16.0 Å². The van der Waals surface area contributed by atoms with Gasteiger partial charge >= 0.3 is 0 Å². The molecule has 0 saturated heterocycles. The highest BCUT2D eigenvalue weighted by molar-refractivity contribution is 8.01. The fourth-order valence-electron chi connectivity index (χ4n) is 5.34. The van der Waals surface area contributed by atoms with E-state index < -0.39 is 11.7 Å². The van der Waals surface area contributed by atoms with Gasteiger partial charge in [-0.3, -0.25) is 14.5 Å². The second-order valence-corrected chi connectivity index (χ2v) is 13.2. The van der Waals surface area contributed by atoms with Crippen LogP contribution in [0.3, 0.4) is 0 Å². The Morgan fingerprint density at radius 3 is 2.71 bits per heavy atom. The van der Waals surface area contributed by atoms with Crippen molar-refractivity contribution >= 4 is 45.6 Å². The normalized spacial score (nSPS) is 18.3. The zero-order chi connectivity index (χ0) is 29.5. The van der Waals surface area contributed by atoms with Gasteiger partial charge in [-0.15, -0.1) is 10.2 Å². The molecule has 1 aromatic heterocycles. The zero-order valence-corrected chi connectivity index (χ0v) is 24.8. The average molecular weight is 589 g/mol. The number of hydrogen-bond donors (Lipinski definition) is 2. The maximum absolute atomic E-state index is 13.7. The summed E-state index contributed by atoms with van der Waals surface area (Å²) in [5, 5.41) is 22.0. The Bertz CT molecular complexity index is 1670. The van der Waals surface area contributed by atoms with Gasteiger partial charge in [-0.1, -0.05) is 67.3 Å². The topological polar surface area (TPSA) is 125 Å². The summed E-state index contributed by atoms with van der Waals surface area (Å²) in [5.41, 5.74) is 11.0. The fraction of sp³-hybridized carbons (Fsp3) is 0.300. The van der Waals surface area contributed by atoms with Gasteiger partial charge in [0.05, 0.1) is 23.3 Å². The number of nitriles is 1. The van der Waals surface area contributed by atoms with E-state index in [1.165, 1.54) is 35.2 Å². The van der Waals surface area contributed by atoms with Gasteiger partial charge in [0.1, 0.15) is 11.6 Å². The average Bonchev–Trinajstić information content (AvgIpc) is 3.37. The van der Waals surface area contributed by atoms with E-state index >= 15 is 0 Å². The smallest absolute Gasteiger partial charge is 0.234 e. The number of benzene rings is 2. The van der Waals surface area contributed by atoms with E-state index in [-0.39, 0.29) is 28.7 Å². The van der Waals surface area contributed by atoms with Gasteiger partial charge in [0, 0.05) is 23.4 Å². The number of nitrogens with two attached hydrogens (primary N) is 1. The van der Waals surface area contributed by atoms with Crippen LogP contribution < -0.4 is 16.0 Å². The molecule has 11 heteroatoms. The first-order valence-corrected chi connectivity index (χ1v) is 14.8. The molecule has 0 radical (unpaired) electrons. The first-order valence-electron chi connectivity index (χ1n) is 13.0. The molecule has 41 heavy (non-hydrogen) atoms. The van der Waals surface area contributed by atoms with Crippen molar-refractivity contribution in [3.8, 4) is 6.07 Å². The Morgan fingerprint density at radius 1 is 1.22 bits per heavy atom. The van der Waals surface area contributed by atoms with Gasteiger partial charge in [-0.05, 0) is 54.5 Å². The summed E-state index contributed by atoms with van der Waals surface area (Å²) in [6, 6.07) is 14.2. The molecule has 0 spiro atoms. The monoisotopic (exact) mass is 588 g/mol. The number of rotatable bonds is 6. The number of amides is 1. The number of carbonyl (C=O) groups is 2. The summed E-state index contributed by atoms with van der Waals surface area (Å²) in [5.74, 6) is -1.06. The van der Waals surface area contributed by atoms with Gasteiger partial charge in [-0.2, -0.15) is 5.26 Å². The number of aryl methyl sites for hydroxylation is 2. The second kappa shape index (κ2) is 11.1. The van der Waals surface area contributed by atoms with Crippen molar-refractivity contribution in [1.29, 1.82) is 5.26 Å². The lowest BCUT2D eigenvalue weighted by atomic mass is 9.68. The van der Waals surface area contributed by atoms with Crippen molar-refractivity contribution < 1.29 is 14.0 Å². The molecule has 210 valence electrons. The lowest BCUT2D eigenvalue weighted by Crippen LogP contribution is -2.42. The maximum atomic E-state index is 13.7. The number of aromatic nitrogens is 2. The van der Waals surface area contributed by atoms with Crippen LogP contribution in [0.25, 0.3) is 0 Å². The van der Waals surface area contributed by atoms with E-state index in [9.17, 15) is 19.2 Å². The van der Waals surface area contributed by atoms with Crippen LogP contribution in [0.4, 0.5) is 15.2 Å². The van der Waals surface area contributed by atoms with E-state index in [0.29, 0.717) is 39.1 Å². The first kappa shape index (κ1) is 28.5. The molecule has 1 unspecified atom stereocenters. The van der Waals surface area contributed by atoms with E-state index in [2.05, 4.69) is 21.6 Å². The summed E-state index contributed by atoms with van der Waals surface area (Å²) in [6.45, 7) is 7.82. The highest BCUT2D eigenvalue weighted by atomic mass is 32.2. The first-order chi connectivity index (χ1) is 19.5. The van der Waals surface area contributed by atoms with Crippen LogP contribution in [-0.4, -0.2) is 27.6 Å². The minimum Gasteiger partial charge on any atom is -0.384 e. The number of allylic oxidation sites excluding steroid dienone is 3. The van der Waals surface area contributed by atoms with E-state index in [4.69, 9.17) is 5.73 Å². The highest BCUT2D eigenvalue weighted by Gasteiger charge is 2.45. The largest absolute Gasteiger partial charge is 0.384 e. The predicted octanol–water partition coefficient (Wildman–Crippen LogP) is 5.97. The molecule has 2 aromatic carbocycles. The number of carbonyl (C=O) groups excluding carboxylic acids is 2. The minimum atomic E-state index is -0.562. The molecular formula is C30H29FN6O2S2. The Kier molecular flexibility index (Phi) is 7.72. The quantitative estimate of drug-likeness (QED) is 0.338. The zero-order valence-electron chi connectivity index (χ0n) is 23.1. The second-order valence-electron chi connectivity index (χ2n) is 11.0. The van der Waals surface area contributed by atoms with Gasteiger partial charge in [0.15, 0.2) is 10.1 Å². The van der Waals surface area contributed by atoms with E-state index in [1.807, 2.05) is 45.0 Å². The number of nitrogens with one attached hydrogen (secondary N) is 1. The number of hydrogen-bond acceptors (Lipinski definition) is 9. The van der Waals surface area contributed by atoms with Crippen molar-refractivity contribution in [2.45, 2.75) is 50.8 Å². The number of Topliss-reactive ketones (excluding diaryl/α,β-unsaturated/α-hetero) is 1. The molecule has 1 amide bonds. The van der Waals surface area contributed by atoms with Gasteiger partial charge in [0.2, 0.25) is 11.0 Å². The molecule has 0 bridgehead atoms. The van der Waals surface area contributed by atoms with Crippen LogP contribution in [0.1, 0.15) is 49.3 Å². The number of ketones is 1. The molecule has 1 aliphatic carbocycles. The number of anilines is 2. The van der Waals surface area contributed by atoms with Crippen LogP contribution in [0, 0.1) is 36.4 Å². The molecule has 0 saturated carbocycles. The van der Waals surface area contributed by atoms with Crippen molar-refractivity contribution in [2.24, 2.45) is 11.1 Å². The van der Waals surface area contributed by atoms with Crippen molar-refractivity contribution in [1.82, 2.24) is 10.2 Å². The summed E-state index contributed by atoms with van der Waals surface area (Å²) >= 11 is 2.41. The Hall–Kier alpha value is -4.01. The summed E-state index contributed by atoms with van der Waals surface area (Å²) in [6.07, 6.45) is 0.922. The molecule has 0 fully saturated rings. The van der Waals surface area contributed by atoms with Crippen LogP contribution in [0.2, 0.25) is 0 Å². The summed E-state index contributed by atoms with van der Waals surface area (Å²) < 4.78 is 14.1. The van der Waals surface area contributed by atoms with E-state index in [1.54, 1.807) is 17.9 Å². The lowest BCUT2D eigenvalue weighted by Gasteiger charge is -2.42. The van der Waals surface area contributed by atoms with Crippen molar-refractivity contribution in [3.63, 3.8) is 0 Å². The molecule has 3 N–H and O–H groups in total. The number of nitrogens with zero attached hydrogens (tertiary/aromatic N) is 4. The van der Waals surface area contributed by atoms with Gasteiger partial charge < -0.3 is 11.1 Å². The molecule has 2 aliphatic rings. The van der Waals surface area contributed by atoms with Gasteiger partial charge in [0.25, 0.3) is 0 Å². The lowest BCUT2D eigenvalue weighted by molar-refractivity contribution is -0.118. The summed E-state index contributed by atoms with van der Waals surface area (Å²) in [4.78, 5) is 28.0. The Balaban J connectivity index is 1.47. The molecular weight excluding hydrogens is 560 g/mol. The number of halogens is 1. The number of thioether (sulfide) groups is 1. The highest BCUT2D eigenvalue weighted by Crippen LogP contribution is 2.51. The molecule has 1 atom stereocenters. The molecule has 3 aromatic rings. The fourth-order valence-corrected chi connectivity index (χ4v) is 7.02. The molecule has 8 nitrogen and oxygen atoms in total. The third-order valence-electron chi connectivity index (χ3n) is 7.27. The Morgan fingerprint density at radius 2 is 1.98 bits per heavy atom.